The van der Waals surface area contributed by atoms with Gasteiger partial charge in [-0.05, 0) is 81.4 Å². The summed E-state index contributed by atoms with van der Waals surface area (Å²) in [5.74, 6) is 0.396. The molecule has 2 spiro atoms. The summed E-state index contributed by atoms with van der Waals surface area (Å²) in [6.45, 7) is 3.82. The number of ether oxygens (including phenoxy) is 2. The van der Waals surface area contributed by atoms with Crippen molar-refractivity contribution in [2.75, 3.05) is 13.7 Å². The van der Waals surface area contributed by atoms with Crippen LogP contribution < -0.4 is 5.73 Å². The van der Waals surface area contributed by atoms with Crippen molar-refractivity contribution in [3.63, 3.8) is 0 Å². The van der Waals surface area contributed by atoms with Crippen molar-refractivity contribution in [3.05, 3.63) is 34.9 Å². The minimum absolute atomic E-state index is 0.0834. The average molecular weight is 454 g/mol. The van der Waals surface area contributed by atoms with Crippen LogP contribution in [0.4, 0.5) is 0 Å². The zero-order chi connectivity index (χ0) is 23.4. The van der Waals surface area contributed by atoms with Crippen LogP contribution in [0.2, 0.25) is 0 Å². The number of aliphatic imine (C=N–C) groups is 1. The average Bonchev–Trinajstić information content (AvgIpc) is 3.55. The topological polar surface area (TPSA) is 94.2 Å². The Kier molecular flexibility index (Phi) is 5.51. The van der Waals surface area contributed by atoms with E-state index in [-0.39, 0.29) is 48.4 Å². The summed E-state index contributed by atoms with van der Waals surface area (Å²) >= 11 is 0. The highest BCUT2D eigenvalue weighted by atomic mass is 16.5. The number of nitrogens with two attached hydrogens (primary N) is 1. The molecule has 7 nitrogen and oxygen atoms in total. The van der Waals surface area contributed by atoms with Crippen LogP contribution in [-0.2, 0) is 31.0 Å². The molecule has 0 saturated heterocycles. The van der Waals surface area contributed by atoms with Crippen LogP contribution in [0, 0.1) is 5.41 Å². The summed E-state index contributed by atoms with van der Waals surface area (Å²) in [5.41, 5.74) is 8.64. The number of esters is 1. The lowest BCUT2D eigenvalue weighted by Gasteiger charge is -2.45. The van der Waals surface area contributed by atoms with Gasteiger partial charge in [0.15, 0.2) is 11.5 Å². The summed E-state index contributed by atoms with van der Waals surface area (Å²) in [6.07, 6.45) is 6.92. The van der Waals surface area contributed by atoms with E-state index in [2.05, 4.69) is 18.2 Å². The molecule has 0 radical (unpaired) electrons. The number of rotatable bonds is 6. The molecule has 1 heterocycles. The molecule has 1 aromatic carbocycles. The Morgan fingerprint density at radius 2 is 1.97 bits per heavy atom. The van der Waals surface area contributed by atoms with Gasteiger partial charge in [0.25, 0.3) is 5.91 Å². The van der Waals surface area contributed by atoms with E-state index >= 15 is 0 Å². The van der Waals surface area contributed by atoms with Crippen LogP contribution in [-0.4, -0.2) is 48.6 Å². The molecule has 1 aliphatic heterocycles. The van der Waals surface area contributed by atoms with Crippen LogP contribution in [0.3, 0.4) is 0 Å². The third-order valence-corrected chi connectivity index (χ3v) is 8.11. The largest absolute Gasteiger partial charge is 0.463 e. The van der Waals surface area contributed by atoms with Crippen LogP contribution in [0.1, 0.15) is 81.4 Å². The van der Waals surface area contributed by atoms with Crippen molar-refractivity contribution in [3.8, 4) is 0 Å². The first kappa shape index (κ1) is 22.4. The molecule has 2 saturated carbocycles. The minimum atomic E-state index is -1.00. The molecule has 1 aromatic rings. The van der Waals surface area contributed by atoms with Gasteiger partial charge in [-0.1, -0.05) is 18.2 Å². The molecular weight excluding hydrogens is 418 g/mol. The zero-order valence-electron chi connectivity index (χ0n) is 19.9. The molecule has 1 atom stereocenters. The first-order valence-corrected chi connectivity index (χ1v) is 12.3. The summed E-state index contributed by atoms with van der Waals surface area (Å²) < 4.78 is 10.9. The number of hydrogen-bond acceptors (Lipinski definition) is 6. The van der Waals surface area contributed by atoms with Crippen LogP contribution in [0.15, 0.2) is 23.2 Å². The maximum absolute atomic E-state index is 14.2. The standard InChI is InChI=1S/C26H35N3O4/c1-16(2)33-22(30)10-13-29-23(31)26(28-24(29)27)21-14-18(17-4-5-17)6-7-19(21)15-25(26)11-8-20(32-3)9-12-25/h6-7,14,16-17,20H,4-5,8-13,15H2,1-3H3,(H2,27,28)/t20-,25-,26?. The number of carbonyl (C=O) groups excluding carboxylic acids is 2. The number of benzene rings is 1. The molecular formula is C26H35N3O4. The Balaban J connectivity index is 1.51. The number of nitrogens with zero attached hydrogens (tertiary/aromatic N) is 2. The maximum Gasteiger partial charge on any atom is 0.307 e. The van der Waals surface area contributed by atoms with Crippen LogP contribution in [0.5, 0.6) is 0 Å². The number of fused-ring (bicyclic) bond motifs is 3. The highest BCUT2D eigenvalue weighted by Gasteiger charge is 2.66. The molecule has 1 amide bonds. The fraction of sp³-hybridized carbons (Fsp3) is 0.654. The van der Waals surface area contributed by atoms with Crippen molar-refractivity contribution < 1.29 is 19.1 Å². The fourth-order valence-electron chi connectivity index (χ4n) is 6.29. The summed E-state index contributed by atoms with van der Waals surface area (Å²) in [5, 5.41) is 0. The van der Waals surface area contributed by atoms with Gasteiger partial charge in [0.2, 0.25) is 0 Å². The first-order chi connectivity index (χ1) is 15.8. The van der Waals surface area contributed by atoms with E-state index in [0.717, 1.165) is 37.7 Å². The van der Waals surface area contributed by atoms with E-state index in [9.17, 15) is 9.59 Å². The van der Waals surface area contributed by atoms with E-state index in [1.807, 2.05) is 13.8 Å². The van der Waals surface area contributed by atoms with Crippen molar-refractivity contribution in [2.45, 2.75) is 88.9 Å². The number of amides is 1. The van der Waals surface area contributed by atoms with E-state index < -0.39 is 5.54 Å². The summed E-state index contributed by atoms with van der Waals surface area (Å²) in [6, 6.07) is 6.68. The maximum atomic E-state index is 14.2. The Morgan fingerprint density at radius 1 is 1.24 bits per heavy atom. The van der Waals surface area contributed by atoms with E-state index in [1.165, 1.54) is 28.9 Å². The highest BCUT2D eigenvalue weighted by molar-refractivity contribution is 6.08. The van der Waals surface area contributed by atoms with Gasteiger partial charge < -0.3 is 15.2 Å². The molecule has 4 aliphatic rings. The SMILES string of the molecule is CO[C@H]1CC[C@]2(CC1)Cc1ccc(C3CC3)cc1C21N=C(N)N(CCC(=O)OC(C)C)C1=O. The van der Waals surface area contributed by atoms with Crippen molar-refractivity contribution in [1.82, 2.24) is 4.90 Å². The molecule has 7 heteroatoms. The van der Waals surface area contributed by atoms with E-state index in [1.54, 1.807) is 7.11 Å². The zero-order valence-corrected chi connectivity index (χ0v) is 19.9. The number of hydrogen-bond donors (Lipinski definition) is 1. The first-order valence-electron chi connectivity index (χ1n) is 12.3. The van der Waals surface area contributed by atoms with Gasteiger partial charge in [-0.25, -0.2) is 4.99 Å². The second kappa shape index (κ2) is 8.12. The third kappa shape index (κ3) is 3.56. The smallest absolute Gasteiger partial charge is 0.307 e. The highest BCUT2D eigenvalue weighted by Crippen LogP contribution is 2.62. The Labute approximate surface area is 195 Å². The molecule has 2 N–H and O–H groups in total. The second-order valence-electron chi connectivity index (χ2n) is 10.5. The summed E-state index contributed by atoms with van der Waals surface area (Å²) in [4.78, 5) is 32.9. The van der Waals surface area contributed by atoms with Crippen molar-refractivity contribution in [2.24, 2.45) is 16.1 Å². The van der Waals surface area contributed by atoms with Crippen molar-refractivity contribution in [1.29, 1.82) is 0 Å². The molecule has 0 bridgehead atoms. The van der Waals surface area contributed by atoms with Gasteiger partial charge in [-0.3, -0.25) is 14.5 Å². The molecule has 5 rings (SSSR count). The molecule has 33 heavy (non-hydrogen) atoms. The summed E-state index contributed by atoms with van der Waals surface area (Å²) in [7, 11) is 1.76. The Morgan fingerprint density at radius 3 is 2.61 bits per heavy atom. The van der Waals surface area contributed by atoms with E-state index in [0.29, 0.717) is 5.92 Å². The molecule has 3 aliphatic carbocycles. The predicted molar refractivity (Wildman–Crippen MR) is 125 cm³/mol. The van der Waals surface area contributed by atoms with Gasteiger partial charge in [-0.15, -0.1) is 0 Å². The molecule has 0 aromatic heterocycles. The number of carbonyl (C=O) groups is 2. The Bertz CT molecular complexity index is 991. The second-order valence-corrected chi connectivity index (χ2v) is 10.5. The molecule has 1 unspecified atom stereocenters. The number of guanidine groups is 1. The van der Waals surface area contributed by atoms with E-state index in [4.69, 9.17) is 20.2 Å². The lowest BCUT2D eigenvalue weighted by molar-refractivity contribution is -0.148. The lowest BCUT2D eigenvalue weighted by Crippen LogP contribution is -2.52. The van der Waals surface area contributed by atoms with Crippen LogP contribution >= 0.6 is 0 Å². The molecule has 178 valence electrons. The molecule has 2 fully saturated rings. The van der Waals surface area contributed by atoms with Gasteiger partial charge in [0.05, 0.1) is 18.6 Å². The van der Waals surface area contributed by atoms with Gasteiger partial charge in [0.1, 0.15) is 0 Å². The van der Waals surface area contributed by atoms with Gasteiger partial charge >= 0.3 is 5.97 Å². The number of methoxy groups -OCH3 is 1. The van der Waals surface area contributed by atoms with Gasteiger partial charge in [-0.2, -0.15) is 0 Å². The van der Waals surface area contributed by atoms with Gasteiger partial charge in [0, 0.05) is 19.1 Å². The predicted octanol–water partition coefficient (Wildman–Crippen LogP) is 3.39. The van der Waals surface area contributed by atoms with Crippen molar-refractivity contribution >= 4 is 17.8 Å². The minimum Gasteiger partial charge on any atom is -0.463 e. The van der Waals surface area contributed by atoms with Crippen LogP contribution in [0.25, 0.3) is 0 Å². The fourth-order valence-corrected chi connectivity index (χ4v) is 6.29. The Hall–Kier alpha value is -2.41. The normalized spacial score (nSPS) is 30.9. The quantitative estimate of drug-likeness (QED) is 0.667. The third-order valence-electron chi connectivity index (χ3n) is 8.11. The monoisotopic (exact) mass is 453 g/mol. The lowest BCUT2D eigenvalue weighted by atomic mass is 9.61.